The summed E-state index contributed by atoms with van der Waals surface area (Å²) < 4.78 is 36.0. The number of aliphatic hydroxyl groups is 1. The molecular formula is C13H19F3N2O. The monoisotopic (exact) mass is 276 g/mol. The number of nitrogens with one attached hydrogen (secondary N) is 1. The van der Waals surface area contributed by atoms with E-state index in [2.05, 4.69) is 5.32 Å². The minimum absolute atomic E-state index is 0.435. The second kappa shape index (κ2) is 7.35. The zero-order valence-electron chi connectivity index (χ0n) is 10.8. The lowest BCUT2D eigenvalue weighted by molar-refractivity contribution is -0.201. The molecule has 1 unspecified atom stereocenters. The van der Waals surface area contributed by atoms with E-state index < -0.39 is 18.8 Å². The molecule has 0 saturated carbocycles. The number of rotatable bonds is 7. The van der Waals surface area contributed by atoms with Gasteiger partial charge in [0.25, 0.3) is 0 Å². The van der Waals surface area contributed by atoms with E-state index in [9.17, 15) is 13.2 Å². The van der Waals surface area contributed by atoms with Crippen LogP contribution < -0.4 is 10.2 Å². The summed E-state index contributed by atoms with van der Waals surface area (Å²) in [5.74, 6) is 0. The summed E-state index contributed by atoms with van der Waals surface area (Å²) >= 11 is 0. The third kappa shape index (κ3) is 5.94. The second-order valence-electron chi connectivity index (χ2n) is 4.37. The van der Waals surface area contributed by atoms with Gasteiger partial charge in [-0.25, -0.2) is 0 Å². The predicted molar refractivity (Wildman–Crippen MR) is 69.3 cm³/mol. The van der Waals surface area contributed by atoms with Crippen molar-refractivity contribution in [2.24, 2.45) is 0 Å². The summed E-state index contributed by atoms with van der Waals surface area (Å²) in [6, 6.07) is 9.74. The van der Waals surface area contributed by atoms with Gasteiger partial charge in [0.15, 0.2) is 6.10 Å². The standard InChI is InChI=1S/C13H19F3N2O/c1-18(11-6-3-2-4-7-11)9-5-8-17-10-12(19)13(14,15)16/h2-4,6-7,12,17,19H,5,8-10H2,1H3. The maximum atomic E-state index is 12.0. The lowest BCUT2D eigenvalue weighted by Gasteiger charge is -2.20. The highest BCUT2D eigenvalue weighted by Gasteiger charge is 2.37. The van der Waals surface area contributed by atoms with Crippen molar-refractivity contribution in [2.75, 3.05) is 31.6 Å². The predicted octanol–water partition coefficient (Wildman–Crippen LogP) is 2.03. The largest absolute Gasteiger partial charge is 0.415 e. The summed E-state index contributed by atoms with van der Waals surface area (Å²) in [6.45, 7) is 0.710. The van der Waals surface area contributed by atoms with Gasteiger partial charge in [0.2, 0.25) is 0 Å². The first-order chi connectivity index (χ1) is 8.91. The summed E-state index contributed by atoms with van der Waals surface area (Å²) in [5.41, 5.74) is 1.07. The molecule has 0 heterocycles. The van der Waals surface area contributed by atoms with E-state index in [1.165, 1.54) is 0 Å². The topological polar surface area (TPSA) is 35.5 Å². The van der Waals surface area contributed by atoms with Crippen molar-refractivity contribution in [1.82, 2.24) is 5.32 Å². The zero-order chi connectivity index (χ0) is 14.3. The van der Waals surface area contributed by atoms with Crippen LogP contribution in [0.5, 0.6) is 0 Å². The van der Waals surface area contributed by atoms with Crippen molar-refractivity contribution >= 4 is 5.69 Å². The van der Waals surface area contributed by atoms with E-state index in [0.717, 1.165) is 12.2 Å². The molecule has 0 aliphatic heterocycles. The SMILES string of the molecule is CN(CCCNCC(O)C(F)(F)F)c1ccccc1. The molecule has 0 aliphatic rings. The van der Waals surface area contributed by atoms with Gasteiger partial charge in [0.05, 0.1) is 0 Å². The van der Waals surface area contributed by atoms with Crippen LogP contribution in [0.1, 0.15) is 6.42 Å². The number of benzene rings is 1. The van der Waals surface area contributed by atoms with Crippen molar-refractivity contribution in [3.8, 4) is 0 Å². The maximum Gasteiger partial charge on any atom is 0.415 e. The fourth-order valence-electron chi connectivity index (χ4n) is 1.61. The number of anilines is 1. The highest BCUT2D eigenvalue weighted by Crippen LogP contribution is 2.19. The maximum absolute atomic E-state index is 12.0. The van der Waals surface area contributed by atoms with Gasteiger partial charge in [0.1, 0.15) is 0 Å². The van der Waals surface area contributed by atoms with Crippen molar-refractivity contribution in [3.63, 3.8) is 0 Å². The third-order valence-electron chi connectivity index (χ3n) is 2.76. The Morgan fingerprint density at radius 2 is 1.89 bits per heavy atom. The van der Waals surface area contributed by atoms with Crippen LogP contribution in [-0.4, -0.2) is 44.1 Å². The van der Waals surface area contributed by atoms with Gasteiger partial charge in [-0.3, -0.25) is 0 Å². The van der Waals surface area contributed by atoms with Crippen molar-refractivity contribution in [3.05, 3.63) is 30.3 Å². The lowest BCUT2D eigenvalue weighted by atomic mass is 10.3. The minimum atomic E-state index is -4.55. The number of para-hydroxylation sites is 1. The average molecular weight is 276 g/mol. The first-order valence-corrected chi connectivity index (χ1v) is 6.13. The van der Waals surface area contributed by atoms with Gasteiger partial charge in [-0.1, -0.05) is 18.2 Å². The van der Waals surface area contributed by atoms with E-state index in [0.29, 0.717) is 13.0 Å². The third-order valence-corrected chi connectivity index (χ3v) is 2.76. The smallest absolute Gasteiger partial charge is 0.382 e. The summed E-state index contributed by atoms with van der Waals surface area (Å²) in [4.78, 5) is 2.03. The molecule has 0 spiro atoms. The van der Waals surface area contributed by atoms with Gasteiger partial charge in [0, 0.05) is 25.8 Å². The Kier molecular flexibility index (Phi) is 6.11. The Morgan fingerprint density at radius 1 is 1.26 bits per heavy atom. The minimum Gasteiger partial charge on any atom is -0.382 e. The molecule has 2 N–H and O–H groups in total. The first-order valence-electron chi connectivity index (χ1n) is 6.13. The molecule has 1 atom stereocenters. The van der Waals surface area contributed by atoms with Gasteiger partial charge >= 0.3 is 6.18 Å². The number of halogens is 3. The van der Waals surface area contributed by atoms with Crippen molar-refractivity contribution in [2.45, 2.75) is 18.7 Å². The Balaban J connectivity index is 2.15. The molecule has 108 valence electrons. The molecule has 0 aromatic heterocycles. The van der Waals surface area contributed by atoms with Crippen LogP contribution in [0.4, 0.5) is 18.9 Å². The van der Waals surface area contributed by atoms with E-state index in [-0.39, 0.29) is 0 Å². The molecule has 19 heavy (non-hydrogen) atoms. The molecule has 0 fully saturated rings. The zero-order valence-corrected chi connectivity index (χ0v) is 10.8. The molecule has 0 radical (unpaired) electrons. The second-order valence-corrected chi connectivity index (χ2v) is 4.37. The number of nitrogens with zero attached hydrogens (tertiary/aromatic N) is 1. The normalized spacial score (nSPS) is 13.3. The lowest BCUT2D eigenvalue weighted by Crippen LogP contribution is -2.39. The van der Waals surface area contributed by atoms with Crippen LogP contribution in [0.25, 0.3) is 0 Å². The Hall–Kier alpha value is -1.27. The molecule has 1 rings (SSSR count). The van der Waals surface area contributed by atoms with E-state index in [4.69, 9.17) is 5.11 Å². The van der Waals surface area contributed by atoms with Gasteiger partial charge in [-0.05, 0) is 25.1 Å². The molecule has 0 amide bonds. The number of alkyl halides is 3. The fraction of sp³-hybridized carbons (Fsp3) is 0.538. The van der Waals surface area contributed by atoms with Crippen LogP contribution in [0, 0.1) is 0 Å². The highest BCUT2D eigenvalue weighted by atomic mass is 19.4. The van der Waals surface area contributed by atoms with Crippen molar-refractivity contribution < 1.29 is 18.3 Å². The molecule has 0 bridgehead atoms. The Labute approximate surface area is 111 Å². The van der Waals surface area contributed by atoms with E-state index in [1.54, 1.807) is 0 Å². The quantitative estimate of drug-likeness (QED) is 0.748. The average Bonchev–Trinajstić information content (AvgIpc) is 2.37. The summed E-state index contributed by atoms with van der Waals surface area (Å²) in [6.07, 6.45) is -6.14. The molecular weight excluding hydrogens is 257 g/mol. The van der Waals surface area contributed by atoms with Crippen LogP contribution >= 0.6 is 0 Å². The molecule has 6 heteroatoms. The first kappa shape index (κ1) is 15.8. The van der Waals surface area contributed by atoms with Gasteiger partial charge in [-0.2, -0.15) is 13.2 Å². The Bertz CT molecular complexity index is 357. The van der Waals surface area contributed by atoms with Gasteiger partial charge in [-0.15, -0.1) is 0 Å². The number of hydrogen-bond donors (Lipinski definition) is 2. The molecule has 0 aliphatic carbocycles. The van der Waals surface area contributed by atoms with Crippen LogP contribution in [0.2, 0.25) is 0 Å². The number of hydrogen-bond acceptors (Lipinski definition) is 3. The Morgan fingerprint density at radius 3 is 2.47 bits per heavy atom. The summed E-state index contributed by atoms with van der Waals surface area (Å²) in [5, 5.41) is 11.4. The van der Waals surface area contributed by atoms with Crippen LogP contribution in [0.15, 0.2) is 30.3 Å². The van der Waals surface area contributed by atoms with E-state index >= 15 is 0 Å². The molecule has 0 saturated heterocycles. The molecule has 1 aromatic rings. The van der Waals surface area contributed by atoms with Gasteiger partial charge < -0.3 is 15.3 Å². The molecule has 1 aromatic carbocycles. The van der Waals surface area contributed by atoms with Crippen LogP contribution in [-0.2, 0) is 0 Å². The summed E-state index contributed by atoms with van der Waals surface area (Å²) in [7, 11) is 1.93. The van der Waals surface area contributed by atoms with Crippen LogP contribution in [0.3, 0.4) is 0 Å². The van der Waals surface area contributed by atoms with E-state index in [1.807, 2.05) is 42.3 Å². The fourth-order valence-corrected chi connectivity index (χ4v) is 1.61. The number of aliphatic hydroxyl groups excluding tert-OH is 1. The van der Waals surface area contributed by atoms with Crippen molar-refractivity contribution in [1.29, 1.82) is 0 Å². The highest BCUT2D eigenvalue weighted by molar-refractivity contribution is 5.44. The molecule has 3 nitrogen and oxygen atoms in total.